The van der Waals surface area contributed by atoms with Crippen LogP contribution in [0.5, 0.6) is 5.75 Å². The van der Waals surface area contributed by atoms with Gasteiger partial charge in [0.05, 0.1) is 12.3 Å². The van der Waals surface area contributed by atoms with Crippen LogP contribution in [0.1, 0.15) is 29.1 Å². The van der Waals surface area contributed by atoms with Crippen LogP contribution in [0.15, 0.2) is 79.1 Å². The first-order valence-electron chi connectivity index (χ1n) is 13.3. The van der Waals surface area contributed by atoms with Crippen LogP contribution in [0.2, 0.25) is 0 Å². The highest BCUT2D eigenvalue weighted by molar-refractivity contribution is 7.52. The number of hydrogen-bond donors (Lipinski definition) is 5. The lowest BCUT2D eigenvalue weighted by molar-refractivity contribution is -0.138. The molecular formula is C28H29FN5O9P. The highest BCUT2D eigenvalue weighted by Gasteiger charge is 2.57. The van der Waals surface area contributed by atoms with Gasteiger partial charge < -0.3 is 29.9 Å². The third kappa shape index (κ3) is 6.33. The summed E-state index contributed by atoms with van der Waals surface area (Å²) < 4.78 is 46.4. The molecule has 1 aliphatic rings. The van der Waals surface area contributed by atoms with Gasteiger partial charge in [-0.25, -0.2) is 18.5 Å². The molecule has 1 saturated heterocycles. The minimum Gasteiger partial charge on any atom is -0.480 e. The summed E-state index contributed by atoms with van der Waals surface area (Å²) in [4.78, 5) is 28.3. The van der Waals surface area contributed by atoms with Crippen LogP contribution in [0.4, 0.5) is 10.2 Å². The number of benzene rings is 2. The SMILES string of the molecule is CC(N[P@](=O)(OC[C@@]1(CF)O[C@@H](c2ccc3c(NC(=O)c4ccccc4)ncnn23)[C@H](O)[C@@H]1O)Oc1ccccc1)C(=O)O. The molecular weight excluding hydrogens is 600 g/mol. The van der Waals surface area contributed by atoms with Gasteiger partial charge >= 0.3 is 13.7 Å². The number of aromatic nitrogens is 3. The van der Waals surface area contributed by atoms with Crippen molar-refractivity contribution in [2.24, 2.45) is 0 Å². The lowest BCUT2D eigenvalue weighted by atomic mass is 9.96. The van der Waals surface area contributed by atoms with Gasteiger partial charge in [0.15, 0.2) is 5.82 Å². The number of halogens is 1. The molecule has 232 valence electrons. The highest BCUT2D eigenvalue weighted by Crippen LogP contribution is 2.48. The average Bonchev–Trinajstić information content (AvgIpc) is 3.56. The van der Waals surface area contributed by atoms with E-state index < -0.39 is 62.9 Å². The summed E-state index contributed by atoms with van der Waals surface area (Å²) in [5.41, 5.74) is -1.35. The van der Waals surface area contributed by atoms with E-state index in [-0.39, 0.29) is 17.3 Å². The second-order valence-corrected chi connectivity index (χ2v) is 11.7. The van der Waals surface area contributed by atoms with Crippen molar-refractivity contribution in [2.45, 2.75) is 36.9 Å². The van der Waals surface area contributed by atoms with Crippen molar-refractivity contribution >= 4 is 31.0 Å². The summed E-state index contributed by atoms with van der Waals surface area (Å²) in [7, 11) is -4.51. The lowest BCUT2D eigenvalue weighted by Crippen LogP contribution is -2.49. The number of ether oxygens (including phenoxy) is 1. The number of carboxylic acid groups (broad SMARTS) is 1. The molecule has 2 aromatic heterocycles. The topological polar surface area (TPSA) is 194 Å². The van der Waals surface area contributed by atoms with Crippen LogP contribution in [-0.4, -0.2) is 78.9 Å². The van der Waals surface area contributed by atoms with E-state index in [2.05, 4.69) is 20.5 Å². The van der Waals surface area contributed by atoms with Crippen molar-refractivity contribution in [3.63, 3.8) is 0 Å². The number of amides is 1. The molecule has 1 unspecified atom stereocenters. The number of carboxylic acids is 1. The van der Waals surface area contributed by atoms with Gasteiger partial charge in [-0.15, -0.1) is 0 Å². The van der Waals surface area contributed by atoms with Gasteiger partial charge in [0.25, 0.3) is 5.91 Å². The van der Waals surface area contributed by atoms with E-state index in [1.54, 1.807) is 54.6 Å². The molecule has 0 aliphatic carbocycles. The maximum Gasteiger partial charge on any atom is 0.459 e. The molecule has 5 rings (SSSR count). The number of nitrogens with zero attached hydrogens (tertiary/aromatic N) is 3. The van der Waals surface area contributed by atoms with Crippen LogP contribution in [0.25, 0.3) is 5.52 Å². The van der Waals surface area contributed by atoms with Crippen LogP contribution in [0.3, 0.4) is 0 Å². The number of aliphatic carboxylic acids is 1. The van der Waals surface area contributed by atoms with E-state index in [9.17, 15) is 33.9 Å². The second-order valence-electron chi connectivity index (χ2n) is 10.0. The normalized spacial score (nSPS) is 23.6. The standard InChI is InChI=1S/C28H29FN5O9P/c1-17(27(38)39)33-44(40,43-19-10-6-3-7-11-19)41-15-28(14-29)24(36)22(35)23(42-28)20-12-13-21-25(30-16-31-34(20)21)32-26(37)18-8-4-2-5-9-18/h2-13,16-17,22-24,35-36H,14-15H2,1H3,(H,33,40)(H,38,39)(H,30,31,32,37)/t17?,22-,23-,24-,28+,44-/m0/s1. The van der Waals surface area contributed by atoms with Gasteiger partial charge in [-0.05, 0) is 43.3 Å². The zero-order chi connectivity index (χ0) is 31.5. The minimum absolute atomic E-state index is 0.0653. The van der Waals surface area contributed by atoms with Crippen LogP contribution in [-0.2, 0) is 18.6 Å². The average molecular weight is 630 g/mol. The molecule has 6 atom stereocenters. The van der Waals surface area contributed by atoms with E-state index in [4.69, 9.17) is 13.8 Å². The van der Waals surface area contributed by atoms with E-state index in [0.29, 0.717) is 11.1 Å². The molecule has 0 spiro atoms. The maximum absolute atomic E-state index is 14.7. The number of carbonyl (C=O) groups excluding carboxylic acids is 1. The number of nitrogens with one attached hydrogen (secondary N) is 2. The Balaban J connectivity index is 1.39. The number of fused-ring (bicyclic) bond motifs is 1. The fraction of sp³-hybridized carbons (Fsp3) is 0.286. The number of alkyl halides is 1. The van der Waals surface area contributed by atoms with E-state index >= 15 is 0 Å². The Morgan fingerprint density at radius 3 is 2.45 bits per heavy atom. The number of para-hydroxylation sites is 1. The predicted octanol–water partition coefficient (Wildman–Crippen LogP) is 2.75. The number of anilines is 1. The van der Waals surface area contributed by atoms with Crippen LogP contribution < -0.4 is 14.9 Å². The molecule has 44 heavy (non-hydrogen) atoms. The Bertz CT molecular complexity index is 1680. The van der Waals surface area contributed by atoms with E-state index in [0.717, 1.165) is 6.33 Å². The Morgan fingerprint density at radius 2 is 1.80 bits per heavy atom. The van der Waals surface area contributed by atoms with Gasteiger partial charge in [-0.3, -0.25) is 14.1 Å². The molecule has 1 fully saturated rings. The summed E-state index contributed by atoms with van der Waals surface area (Å²) in [5, 5.41) is 40.4. The fourth-order valence-corrected chi connectivity index (χ4v) is 6.16. The Hall–Kier alpha value is -4.24. The molecule has 3 heterocycles. The van der Waals surface area contributed by atoms with Crippen molar-refractivity contribution in [2.75, 3.05) is 18.6 Å². The largest absolute Gasteiger partial charge is 0.480 e. The predicted molar refractivity (Wildman–Crippen MR) is 153 cm³/mol. The van der Waals surface area contributed by atoms with E-state index in [1.807, 2.05) is 0 Å². The van der Waals surface area contributed by atoms with Crippen molar-refractivity contribution in [1.82, 2.24) is 19.7 Å². The quantitative estimate of drug-likeness (QED) is 0.144. The van der Waals surface area contributed by atoms with Gasteiger partial charge in [-0.1, -0.05) is 36.4 Å². The molecule has 2 aromatic carbocycles. The second kappa shape index (κ2) is 12.8. The van der Waals surface area contributed by atoms with Gasteiger partial charge in [0.2, 0.25) is 0 Å². The third-order valence-corrected chi connectivity index (χ3v) is 8.59. The molecule has 5 N–H and O–H groups in total. The lowest BCUT2D eigenvalue weighted by Gasteiger charge is -2.31. The molecule has 1 amide bonds. The number of hydrogen-bond acceptors (Lipinski definition) is 10. The first-order valence-corrected chi connectivity index (χ1v) is 14.9. The van der Waals surface area contributed by atoms with Crippen molar-refractivity contribution in [3.8, 4) is 5.75 Å². The zero-order valence-electron chi connectivity index (χ0n) is 23.2. The van der Waals surface area contributed by atoms with Gasteiger partial charge in [0.1, 0.15) is 54.2 Å². The van der Waals surface area contributed by atoms with Crippen LogP contribution >= 0.6 is 7.75 Å². The number of aliphatic hydroxyl groups is 2. The minimum atomic E-state index is -4.51. The Kier molecular flexibility index (Phi) is 9.06. The molecule has 0 bridgehead atoms. The van der Waals surface area contributed by atoms with Crippen molar-refractivity contribution in [1.29, 1.82) is 0 Å². The van der Waals surface area contributed by atoms with Crippen LogP contribution in [0, 0.1) is 0 Å². The highest BCUT2D eigenvalue weighted by atomic mass is 31.2. The molecule has 4 aromatic rings. The smallest absolute Gasteiger partial charge is 0.459 e. The molecule has 0 saturated carbocycles. The van der Waals surface area contributed by atoms with Gasteiger partial charge in [0, 0.05) is 5.56 Å². The maximum atomic E-state index is 14.7. The summed E-state index contributed by atoms with van der Waals surface area (Å²) >= 11 is 0. The number of aliphatic hydroxyl groups excluding tert-OH is 2. The Morgan fingerprint density at radius 1 is 1.11 bits per heavy atom. The summed E-state index contributed by atoms with van der Waals surface area (Å²) in [6.07, 6.45) is -3.79. The van der Waals surface area contributed by atoms with Gasteiger partial charge in [-0.2, -0.15) is 10.2 Å². The fourth-order valence-electron chi connectivity index (χ4n) is 4.60. The van der Waals surface area contributed by atoms with E-state index in [1.165, 1.54) is 29.6 Å². The summed E-state index contributed by atoms with van der Waals surface area (Å²) in [6.45, 7) is -1.09. The first kappa shape index (κ1) is 31.2. The summed E-state index contributed by atoms with van der Waals surface area (Å²) in [6, 6.07) is 17.8. The number of carbonyl (C=O) groups is 2. The number of rotatable bonds is 12. The molecule has 1 aliphatic heterocycles. The molecule has 14 nitrogen and oxygen atoms in total. The third-order valence-electron chi connectivity index (χ3n) is 6.97. The zero-order valence-corrected chi connectivity index (χ0v) is 24.1. The van der Waals surface area contributed by atoms with Crippen molar-refractivity contribution in [3.05, 3.63) is 90.4 Å². The summed E-state index contributed by atoms with van der Waals surface area (Å²) in [5.74, 6) is -1.58. The molecule has 16 heteroatoms. The molecule has 0 radical (unpaired) electrons. The Labute approximate surface area is 250 Å². The monoisotopic (exact) mass is 629 g/mol. The first-order chi connectivity index (χ1) is 21.1. The van der Waals surface area contributed by atoms with Crippen molar-refractivity contribution < 1.29 is 47.6 Å².